The molecule has 2 rings (SSSR count). The number of allylic oxidation sites excluding steroid dienone is 1. The van der Waals surface area contributed by atoms with Gasteiger partial charge in [0.1, 0.15) is 0 Å². The van der Waals surface area contributed by atoms with Crippen molar-refractivity contribution in [2.75, 3.05) is 0 Å². The Morgan fingerprint density at radius 1 is 1.05 bits per heavy atom. The molecule has 1 saturated carbocycles. The standard InChI is InChI=1S/C16H29BN2O2/c1-15(2)16(3,4)21-17(20-15)13(11-18)12-19-14-9-7-5-6-8-10-14/h11-12,14,18-19H,5-10H2,1-4H3/b13-12+,18-11?. The van der Waals surface area contributed by atoms with E-state index in [1.54, 1.807) is 0 Å². The Kier molecular flexibility index (Phi) is 5.15. The SMILES string of the molecule is CC1(C)OB(/C(C=N)=C/NC2CCCCCC2)OC1(C)C. The summed E-state index contributed by atoms with van der Waals surface area (Å²) in [7, 11) is -0.453. The summed E-state index contributed by atoms with van der Waals surface area (Å²) in [6.07, 6.45) is 11.0. The van der Waals surface area contributed by atoms with Crippen molar-refractivity contribution in [3.8, 4) is 0 Å². The number of rotatable bonds is 4. The molecule has 4 nitrogen and oxygen atoms in total. The van der Waals surface area contributed by atoms with Crippen LogP contribution in [0.15, 0.2) is 11.7 Å². The van der Waals surface area contributed by atoms with E-state index in [1.165, 1.54) is 44.7 Å². The van der Waals surface area contributed by atoms with E-state index < -0.39 is 7.12 Å². The first-order valence-electron chi connectivity index (χ1n) is 8.18. The summed E-state index contributed by atoms with van der Waals surface area (Å²) in [6.45, 7) is 8.14. The monoisotopic (exact) mass is 292 g/mol. The highest BCUT2D eigenvalue weighted by Gasteiger charge is 2.52. The Hall–Kier alpha value is -0.805. The molecule has 0 aromatic heterocycles. The molecule has 118 valence electrons. The van der Waals surface area contributed by atoms with Gasteiger partial charge in [0, 0.05) is 17.7 Å². The molecule has 2 aliphatic rings. The third-order valence-corrected chi connectivity index (χ3v) is 5.03. The number of nitrogens with one attached hydrogen (secondary N) is 2. The van der Waals surface area contributed by atoms with Crippen molar-refractivity contribution < 1.29 is 9.31 Å². The zero-order chi connectivity index (χ0) is 15.5. The normalized spacial score (nSPS) is 26.5. The van der Waals surface area contributed by atoms with Gasteiger partial charge >= 0.3 is 7.12 Å². The van der Waals surface area contributed by atoms with Gasteiger partial charge in [-0.3, -0.25) is 0 Å². The summed E-state index contributed by atoms with van der Waals surface area (Å²) in [4.78, 5) is 0. The molecular weight excluding hydrogens is 263 g/mol. The predicted molar refractivity (Wildman–Crippen MR) is 87.6 cm³/mol. The molecule has 21 heavy (non-hydrogen) atoms. The van der Waals surface area contributed by atoms with Crippen molar-refractivity contribution in [2.24, 2.45) is 0 Å². The first-order chi connectivity index (χ1) is 9.86. The largest absolute Gasteiger partial charge is 0.497 e. The van der Waals surface area contributed by atoms with Crippen LogP contribution in [0.2, 0.25) is 0 Å². The third-order valence-electron chi connectivity index (χ3n) is 5.03. The van der Waals surface area contributed by atoms with Gasteiger partial charge in [-0.05, 0) is 46.7 Å². The Morgan fingerprint density at radius 3 is 2.05 bits per heavy atom. The topological polar surface area (TPSA) is 54.3 Å². The molecule has 1 aliphatic carbocycles. The second-order valence-electron chi connectivity index (χ2n) is 7.23. The molecule has 0 amide bonds. The third kappa shape index (κ3) is 3.89. The van der Waals surface area contributed by atoms with Crippen molar-refractivity contribution in [1.82, 2.24) is 5.32 Å². The number of hydrogen-bond donors (Lipinski definition) is 2. The van der Waals surface area contributed by atoms with E-state index in [4.69, 9.17) is 14.7 Å². The summed E-state index contributed by atoms with van der Waals surface area (Å²) < 4.78 is 12.0. The lowest BCUT2D eigenvalue weighted by Gasteiger charge is -2.32. The maximum absolute atomic E-state index is 7.65. The fourth-order valence-corrected chi connectivity index (χ4v) is 2.82. The van der Waals surface area contributed by atoms with E-state index in [-0.39, 0.29) is 11.2 Å². The van der Waals surface area contributed by atoms with Gasteiger partial charge in [-0.1, -0.05) is 25.7 Å². The molecule has 0 spiro atoms. The van der Waals surface area contributed by atoms with Crippen LogP contribution in [0.3, 0.4) is 0 Å². The second-order valence-corrected chi connectivity index (χ2v) is 7.23. The maximum atomic E-state index is 7.65. The molecule has 0 radical (unpaired) electrons. The van der Waals surface area contributed by atoms with Crippen LogP contribution >= 0.6 is 0 Å². The summed E-state index contributed by atoms with van der Waals surface area (Å²) in [5, 5.41) is 11.1. The minimum Gasteiger partial charge on any atom is -0.399 e. The van der Waals surface area contributed by atoms with Crippen LogP contribution in [0.5, 0.6) is 0 Å². The average Bonchev–Trinajstić information content (AvgIpc) is 2.61. The van der Waals surface area contributed by atoms with Crippen LogP contribution in [0.25, 0.3) is 0 Å². The second kappa shape index (κ2) is 6.53. The molecule has 1 saturated heterocycles. The molecule has 1 heterocycles. The molecule has 0 aromatic carbocycles. The van der Waals surface area contributed by atoms with Crippen molar-refractivity contribution in [3.05, 3.63) is 11.7 Å². The lowest BCUT2D eigenvalue weighted by atomic mass is 9.79. The maximum Gasteiger partial charge on any atom is 0.497 e. The predicted octanol–water partition coefficient (Wildman–Crippen LogP) is 3.46. The summed E-state index contributed by atoms with van der Waals surface area (Å²) >= 11 is 0. The van der Waals surface area contributed by atoms with Gasteiger partial charge in [0.15, 0.2) is 0 Å². The zero-order valence-corrected chi connectivity index (χ0v) is 13.9. The van der Waals surface area contributed by atoms with E-state index >= 15 is 0 Å². The first-order valence-corrected chi connectivity index (χ1v) is 8.18. The fraction of sp³-hybridized carbons (Fsp3) is 0.812. The van der Waals surface area contributed by atoms with Crippen LogP contribution in [0.1, 0.15) is 66.2 Å². The van der Waals surface area contributed by atoms with Crippen LogP contribution in [0.4, 0.5) is 0 Å². The van der Waals surface area contributed by atoms with Crippen molar-refractivity contribution >= 4 is 13.3 Å². The Balaban J connectivity index is 1.99. The van der Waals surface area contributed by atoms with Crippen LogP contribution in [0, 0.1) is 5.41 Å². The van der Waals surface area contributed by atoms with Gasteiger partial charge in [0.2, 0.25) is 0 Å². The molecule has 2 fully saturated rings. The highest BCUT2D eigenvalue weighted by Crippen LogP contribution is 2.38. The first kappa shape index (κ1) is 16.6. The van der Waals surface area contributed by atoms with Gasteiger partial charge in [-0.2, -0.15) is 0 Å². The van der Waals surface area contributed by atoms with Gasteiger partial charge < -0.3 is 20.0 Å². The summed E-state index contributed by atoms with van der Waals surface area (Å²) in [5.41, 5.74) is 0.0439. The van der Waals surface area contributed by atoms with E-state index in [2.05, 4.69) is 5.32 Å². The fourth-order valence-electron chi connectivity index (χ4n) is 2.82. The van der Waals surface area contributed by atoms with Gasteiger partial charge in [0.05, 0.1) is 11.2 Å². The molecule has 0 aromatic rings. The minimum atomic E-state index is -0.453. The lowest BCUT2D eigenvalue weighted by molar-refractivity contribution is 0.00578. The zero-order valence-electron chi connectivity index (χ0n) is 13.9. The van der Waals surface area contributed by atoms with Crippen molar-refractivity contribution in [1.29, 1.82) is 5.41 Å². The number of hydrogen-bond acceptors (Lipinski definition) is 4. The molecule has 0 unspecified atom stereocenters. The van der Waals surface area contributed by atoms with E-state index in [1.807, 2.05) is 33.9 Å². The quantitative estimate of drug-likeness (QED) is 0.474. The molecule has 1 aliphatic heterocycles. The Labute approximate surface area is 129 Å². The summed E-state index contributed by atoms with van der Waals surface area (Å²) in [6, 6.07) is 0.518. The molecular formula is C16H29BN2O2. The smallest absolute Gasteiger partial charge is 0.399 e. The Morgan fingerprint density at radius 2 is 1.57 bits per heavy atom. The van der Waals surface area contributed by atoms with E-state index in [0.717, 1.165) is 5.47 Å². The van der Waals surface area contributed by atoms with Gasteiger partial charge in [-0.25, -0.2) is 0 Å². The van der Waals surface area contributed by atoms with Crippen LogP contribution < -0.4 is 5.32 Å². The molecule has 5 heteroatoms. The van der Waals surface area contributed by atoms with E-state index in [9.17, 15) is 0 Å². The van der Waals surface area contributed by atoms with Crippen LogP contribution in [-0.2, 0) is 9.31 Å². The van der Waals surface area contributed by atoms with Gasteiger partial charge in [0.25, 0.3) is 0 Å². The summed E-state index contributed by atoms with van der Waals surface area (Å²) in [5.74, 6) is 0. The lowest BCUT2D eigenvalue weighted by Crippen LogP contribution is -2.41. The highest BCUT2D eigenvalue weighted by atomic mass is 16.7. The van der Waals surface area contributed by atoms with Crippen LogP contribution in [-0.4, -0.2) is 30.6 Å². The van der Waals surface area contributed by atoms with Crippen molar-refractivity contribution in [3.63, 3.8) is 0 Å². The molecule has 0 atom stereocenters. The average molecular weight is 292 g/mol. The van der Waals surface area contributed by atoms with E-state index in [0.29, 0.717) is 6.04 Å². The molecule has 2 N–H and O–H groups in total. The highest BCUT2D eigenvalue weighted by molar-refractivity contribution is 6.60. The Bertz CT molecular complexity index is 383. The minimum absolute atomic E-state index is 0.359. The van der Waals surface area contributed by atoms with Crippen molar-refractivity contribution in [2.45, 2.75) is 83.5 Å². The van der Waals surface area contributed by atoms with Gasteiger partial charge in [-0.15, -0.1) is 0 Å². The molecule has 0 bridgehead atoms.